The Hall–Kier alpha value is -1.59. The zero-order valence-corrected chi connectivity index (χ0v) is 16.2. The molecule has 1 aromatic rings. The highest BCUT2D eigenvalue weighted by Crippen LogP contribution is 2.22. The number of piperidine rings is 2. The molecule has 2 heterocycles. The maximum atomic E-state index is 12.3. The van der Waals surface area contributed by atoms with Crippen LogP contribution in [0.15, 0.2) is 24.3 Å². The van der Waals surface area contributed by atoms with E-state index in [4.69, 9.17) is 4.74 Å². The number of nitrogens with zero attached hydrogens (tertiary/aromatic N) is 2. The summed E-state index contributed by atoms with van der Waals surface area (Å²) in [6, 6.07) is 7.51. The summed E-state index contributed by atoms with van der Waals surface area (Å²) in [6.45, 7) is 8.68. The number of carbonyl (C=O) groups is 1. The Bertz CT molecular complexity index is 576. The number of hydrogen-bond donors (Lipinski definition) is 1. The van der Waals surface area contributed by atoms with E-state index >= 15 is 0 Å². The average Bonchev–Trinajstić information content (AvgIpc) is 2.65. The number of rotatable bonds is 6. The SMILES string of the molecule is COc1cccc(NC(=O)CN2CCC(CN3CCC(C)CC3)CC2)c1. The molecule has 2 aliphatic rings. The molecule has 5 heteroatoms. The minimum absolute atomic E-state index is 0.0571. The van der Waals surface area contributed by atoms with Crippen LogP contribution >= 0.6 is 0 Å². The Morgan fingerprint density at radius 1 is 1.12 bits per heavy atom. The molecule has 0 spiro atoms. The first-order valence-corrected chi connectivity index (χ1v) is 10.0. The van der Waals surface area contributed by atoms with Crippen LogP contribution in [-0.4, -0.2) is 62.1 Å². The topological polar surface area (TPSA) is 44.8 Å². The van der Waals surface area contributed by atoms with Gasteiger partial charge >= 0.3 is 0 Å². The second-order valence-electron chi connectivity index (χ2n) is 7.98. The summed E-state index contributed by atoms with van der Waals surface area (Å²) in [5.41, 5.74) is 0.795. The average molecular weight is 360 g/mol. The zero-order valence-electron chi connectivity index (χ0n) is 16.2. The van der Waals surface area contributed by atoms with Crippen molar-refractivity contribution in [2.24, 2.45) is 11.8 Å². The van der Waals surface area contributed by atoms with Crippen LogP contribution in [0.25, 0.3) is 0 Å². The molecule has 26 heavy (non-hydrogen) atoms. The van der Waals surface area contributed by atoms with Gasteiger partial charge in [0, 0.05) is 18.3 Å². The molecule has 0 aromatic heterocycles. The van der Waals surface area contributed by atoms with Crippen LogP contribution in [0, 0.1) is 11.8 Å². The molecule has 0 bridgehead atoms. The number of benzene rings is 1. The van der Waals surface area contributed by atoms with Crippen molar-refractivity contribution in [3.8, 4) is 5.75 Å². The lowest BCUT2D eigenvalue weighted by molar-refractivity contribution is -0.117. The van der Waals surface area contributed by atoms with Crippen LogP contribution in [0.3, 0.4) is 0 Å². The van der Waals surface area contributed by atoms with Gasteiger partial charge in [0.2, 0.25) is 5.91 Å². The fourth-order valence-electron chi connectivity index (χ4n) is 4.04. The Morgan fingerprint density at radius 2 is 1.81 bits per heavy atom. The van der Waals surface area contributed by atoms with Crippen molar-refractivity contribution in [1.82, 2.24) is 9.80 Å². The predicted octanol–water partition coefficient (Wildman–Crippen LogP) is 3.08. The van der Waals surface area contributed by atoms with Crippen LogP contribution in [0.2, 0.25) is 0 Å². The quantitative estimate of drug-likeness (QED) is 0.848. The second kappa shape index (κ2) is 9.38. The van der Waals surface area contributed by atoms with Gasteiger partial charge in [-0.15, -0.1) is 0 Å². The number of ether oxygens (including phenoxy) is 1. The summed E-state index contributed by atoms with van der Waals surface area (Å²) in [5.74, 6) is 2.51. The number of likely N-dealkylation sites (tertiary alicyclic amines) is 2. The molecule has 0 aliphatic carbocycles. The number of hydrogen-bond acceptors (Lipinski definition) is 4. The molecule has 144 valence electrons. The van der Waals surface area contributed by atoms with Crippen molar-refractivity contribution in [3.63, 3.8) is 0 Å². The number of methoxy groups -OCH3 is 1. The normalized spacial score (nSPS) is 20.8. The molecular formula is C21H33N3O2. The fourth-order valence-corrected chi connectivity index (χ4v) is 4.04. The Balaban J connectivity index is 1.37. The summed E-state index contributed by atoms with van der Waals surface area (Å²) < 4.78 is 5.20. The standard InChI is InChI=1S/C21H33N3O2/c1-17-6-10-23(11-7-17)15-18-8-12-24(13-9-18)16-21(25)22-19-4-3-5-20(14-19)26-2/h3-5,14,17-18H,6-13,15-16H2,1-2H3,(H,22,25). The molecule has 1 aromatic carbocycles. The van der Waals surface area contributed by atoms with Gasteiger partial charge in [-0.1, -0.05) is 13.0 Å². The van der Waals surface area contributed by atoms with Gasteiger partial charge in [-0.2, -0.15) is 0 Å². The van der Waals surface area contributed by atoms with Crippen LogP contribution < -0.4 is 10.1 Å². The van der Waals surface area contributed by atoms with E-state index < -0.39 is 0 Å². The Morgan fingerprint density at radius 3 is 2.50 bits per heavy atom. The van der Waals surface area contributed by atoms with Gasteiger partial charge < -0.3 is 15.0 Å². The van der Waals surface area contributed by atoms with E-state index in [2.05, 4.69) is 22.0 Å². The van der Waals surface area contributed by atoms with Crippen LogP contribution in [0.1, 0.15) is 32.6 Å². The van der Waals surface area contributed by atoms with Crippen molar-refractivity contribution in [1.29, 1.82) is 0 Å². The lowest BCUT2D eigenvalue weighted by Gasteiger charge is -2.37. The van der Waals surface area contributed by atoms with Crippen LogP contribution in [0.5, 0.6) is 5.75 Å². The molecule has 0 saturated carbocycles. The molecular weight excluding hydrogens is 326 g/mol. The lowest BCUT2D eigenvalue weighted by Crippen LogP contribution is -2.43. The first-order valence-electron chi connectivity index (χ1n) is 10.0. The van der Waals surface area contributed by atoms with Gasteiger partial charge in [-0.3, -0.25) is 9.69 Å². The fraction of sp³-hybridized carbons (Fsp3) is 0.667. The third-order valence-corrected chi connectivity index (χ3v) is 5.82. The van der Waals surface area contributed by atoms with Crippen molar-refractivity contribution in [2.75, 3.05) is 51.7 Å². The van der Waals surface area contributed by atoms with Crippen molar-refractivity contribution in [2.45, 2.75) is 32.6 Å². The summed E-state index contributed by atoms with van der Waals surface area (Å²) in [4.78, 5) is 17.2. The number of anilines is 1. The monoisotopic (exact) mass is 359 g/mol. The summed E-state index contributed by atoms with van der Waals surface area (Å²) in [6.07, 6.45) is 5.11. The van der Waals surface area contributed by atoms with E-state index in [1.165, 1.54) is 45.3 Å². The highest BCUT2D eigenvalue weighted by molar-refractivity contribution is 5.92. The number of carbonyl (C=O) groups excluding carboxylic acids is 1. The second-order valence-corrected chi connectivity index (χ2v) is 7.98. The first-order chi connectivity index (χ1) is 12.6. The summed E-state index contributed by atoms with van der Waals surface area (Å²) in [7, 11) is 1.63. The third-order valence-electron chi connectivity index (χ3n) is 5.82. The van der Waals surface area contributed by atoms with E-state index in [1.54, 1.807) is 7.11 Å². The maximum Gasteiger partial charge on any atom is 0.238 e. The van der Waals surface area contributed by atoms with Gasteiger partial charge in [-0.05, 0) is 75.8 Å². The zero-order chi connectivity index (χ0) is 18.4. The third kappa shape index (κ3) is 5.71. The van der Waals surface area contributed by atoms with Gasteiger partial charge in [0.1, 0.15) is 5.75 Å². The van der Waals surface area contributed by atoms with Crippen LogP contribution in [-0.2, 0) is 4.79 Å². The molecule has 2 aliphatic heterocycles. The van der Waals surface area contributed by atoms with E-state index in [1.807, 2.05) is 24.3 Å². The van der Waals surface area contributed by atoms with E-state index in [0.717, 1.165) is 36.4 Å². The van der Waals surface area contributed by atoms with E-state index in [0.29, 0.717) is 6.54 Å². The summed E-state index contributed by atoms with van der Waals surface area (Å²) >= 11 is 0. The summed E-state index contributed by atoms with van der Waals surface area (Å²) in [5, 5.41) is 2.98. The Labute approximate surface area is 157 Å². The number of nitrogens with one attached hydrogen (secondary N) is 1. The van der Waals surface area contributed by atoms with Gasteiger partial charge in [0.15, 0.2) is 0 Å². The molecule has 5 nitrogen and oxygen atoms in total. The van der Waals surface area contributed by atoms with E-state index in [9.17, 15) is 4.79 Å². The minimum atomic E-state index is 0.0571. The molecule has 1 N–H and O–H groups in total. The molecule has 3 rings (SSSR count). The first kappa shape index (κ1) is 19.2. The minimum Gasteiger partial charge on any atom is -0.497 e. The van der Waals surface area contributed by atoms with Gasteiger partial charge in [0.25, 0.3) is 0 Å². The lowest BCUT2D eigenvalue weighted by atomic mass is 9.93. The van der Waals surface area contributed by atoms with Crippen molar-refractivity contribution < 1.29 is 9.53 Å². The molecule has 2 saturated heterocycles. The van der Waals surface area contributed by atoms with Gasteiger partial charge in [0.05, 0.1) is 13.7 Å². The van der Waals surface area contributed by atoms with Gasteiger partial charge in [-0.25, -0.2) is 0 Å². The Kier molecular flexibility index (Phi) is 6.92. The van der Waals surface area contributed by atoms with Crippen LogP contribution in [0.4, 0.5) is 5.69 Å². The van der Waals surface area contributed by atoms with Crippen molar-refractivity contribution >= 4 is 11.6 Å². The molecule has 1 amide bonds. The van der Waals surface area contributed by atoms with E-state index in [-0.39, 0.29) is 5.91 Å². The largest absolute Gasteiger partial charge is 0.497 e. The highest BCUT2D eigenvalue weighted by atomic mass is 16.5. The molecule has 2 fully saturated rings. The highest BCUT2D eigenvalue weighted by Gasteiger charge is 2.24. The van der Waals surface area contributed by atoms with Crippen molar-refractivity contribution in [3.05, 3.63) is 24.3 Å². The maximum absolute atomic E-state index is 12.3. The molecule has 0 radical (unpaired) electrons. The predicted molar refractivity (Wildman–Crippen MR) is 106 cm³/mol. The molecule has 0 unspecified atom stereocenters. The molecule has 0 atom stereocenters. The number of amides is 1. The smallest absolute Gasteiger partial charge is 0.238 e.